The quantitative estimate of drug-likeness (QED) is 0.811. The fourth-order valence-corrected chi connectivity index (χ4v) is 3.05. The Balaban J connectivity index is 1.49. The van der Waals surface area contributed by atoms with Crippen molar-refractivity contribution in [3.63, 3.8) is 0 Å². The number of nitrogens with one attached hydrogen (secondary N) is 1. The third-order valence-corrected chi connectivity index (χ3v) is 4.49. The van der Waals surface area contributed by atoms with Crippen LogP contribution in [0.15, 0.2) is 27.5 Å². The lowest BCUT2D eigenvalue weighted by Crippen LogP contribution is -2.45. The zero-order chi connectivity index (χ0) is 18.4. The summed E-state index contributed by atoms with van der Waals surface area (Å²) in [7, 11) is 0. The molecule has 0 saturated carbocycles. The normalized spacial score (nSPS) is 17.3. The van der Waals surface area contributed by atoms with Gasteiger partial charge in [0.15, 0.2) is 0 Å². The predicted octanol–water partition coefficient (Wildman–Crippen LogP) is 2.03. The molecule has 8 heteroatoms. The number of hydrogen-bond acceptors (Lipinski definition) is 6. The van der Waals surface area contributed by atoms with Crippen molar-refractivity contribution in [2.24, 2.45) is 5.92 Å². The zero-order valence-corrected chi connectivity index (χ0v) is 14.9. The Morgan fingerprint density at radius 1 is 1.42 bits per heavy atom. The van der Waals surface area contributed by atoms with Gasteiger partial charge >= 0.3 is 0 Å². The molecule has 0 spiro atoms. The highest BCUT2D eigenvalue weighted by Crippen LogP contribution is 2.19. The van der Waals surface area contributed by atoms with Crippen molar-refractivity contribution in [1.29, 1.82) is 0 Å². The average molecular weight is 360 g/mol. The minimum atomic E-state index is -0.115. The Hall–Kier alpha value is -2.64. The summed E-state index contributed by atoms with van der Waals surface area (Å²) < 4.78 is 10.2. The second-order valence-electron chi connectivity index (χ2n) is 6.49. The van der Waals surface area contributed by atoms with Gasteiger partial charge in [-0.05, 0) is 25.3 Å². The lowest BCUT2D eigenvalue weighted by Gasteiger charge is -2.32. The van der Waals surface area contributed by atoms with Gasteiger partial charge in [0.05, 0.1) is 17.7 Å². The topological polar surface area (TPSA) is 101 Å². The standard InChI is InChI=1S/C18H24N4O4/c1-2-8-19-18(24)13-4-3-9-22(11-13)16(23)6-5-15-20-17(21-26-15)14-7-10-25-12-14/h7,10,12-13H,2-6,8-9,11H2,1H3,(H,19,24). The van der Waals surface area contributed by atoms with Crippen LogP contribution in [0.3, 0.4) is 0 Å². The van der Waals surface area contributed by atoms with E-state index in [9.17, 15) is 9.59 Å². The Morgan fingerprint density at radius 3 is 3.08 bits per heavy atom. The first-order chi connectivity index (χ1) is 12.7. The van der Waals surface area contributed by atoms with Gasteiger partial charge in [-0.1, -0.05) is 12.1 Å². The van der Waals surface area contributed by atoms with Crippen LogP contribution in [0.4, 0.5) is 0 Å². The van der Waals surface area contributed by atoms with Crippen LogP contribution in [0.25, 0.3) is 11.4 Å². The van der Waals surface area contributed by atoms with E-state index in [1.54, 1.807) is 17.2 Å². The van der Waals surface area contributed by atoms with Gasteiger partial charge in [0.1, 0.15) is 6.26 Å². The largest absolute Gasteiger partial charge is 0.472 e. The molecular weight excluding hydrogens is 336 g/mol. The van der Waals surface area contributed by atoms with E-state index >= 15 is 0 Å². The number of carbonyl (C=O) groups is 2. The molecule has 1 N–H and O–H groups in total. The number of piperidine rings is 1. The van der Waals surface area contributed by atoms with E-state index in [1.807, 2.05) is 6.92 Å². The Morgan fingerprint density at radius 2 is 2.31 bits per heavy atom. The maximum atomic E-state index is 12.5. The van der Waals surface area contributed by atoms with Crippen LogP contribution in [0.1, 0.15) is 38.5 Å². The second kappa shape index (κ2) is 8.64. The molecule has 1 atom stereocenters. The fraction of sp³-hybridized carbons (Fsp3) is 0.556. The fourth-order valence-electron chi connectivity index (χ4n) is 3.05. The van der Waals surface area contributed by atoms with Gasteiger partial charge in [-0.3, -0.25) is 9.59 Å². The molecule has 1 aliphatic heterocycles. The molecule has 1 aliphatic rings. The number of aryl methyl sites for hydroxylation is 1. The summed E-state index contributed by atoms with van der Waals surface area (Å²) >= 11 is 0. The summed E-state index contributed by atoms with van der Waals surface area (Å²) in [5, 5.41) is 6.81. The maximum absolute atomic E-state index is 12.5. The highest BCUT2D eigenvalue weighted by molar-refractivity contribution is 5.81. The monoisotopic (exact) mass is 360 g/mol. The van der Waals surface area contributed by atoms with Crippen LogP contribution in [0.5, 0.6) is 0 Å². The minimum Gasteiger partial charge on any atom is -0.472 e. The SMILES string of the molecule is CCCNC(=O)C1CCCN(C(=O)CCc2nc(-c3ccoc3)no2)C1. The Labute approximate surface area is 151 Å². The van der Waals surface area contributed by atoms with Gasteiger partial charge in [-0.15, -0.1) is 0 Å². The maximum Gasteiger partial charge on any atom is 0.227 e. The molecule has 1 unspecified atom stereocenters. The van der Waals surface area contributed by atoms with E-state index in [2.05, 4.69) is 15.5 Å². The van der Waals surface area contributed by atoms with Crippen molar-refractivity contribution < 1.29 is 18.5 Å². The number of nitrogens with zero attached hydrogens (tertiary/aromatic N) is 3. The van der Waals surface area contributed by atoms with E-state index < -0.39 is 0 Å². The molecule has 3 heterocycles. The van der Waals surface area contributed by atoms with E-state index in [-0.39, 0.29) is 24.2 Å². The lowest BCUT2D eigenvalue weighted by molar-refractivity contribution is -0.135. The summed E-state index contributed by atoms with van der Waals surface area (Å²) in [6.45, 7) is 3.88. The number of rotatable bonds is 7. The molecule has 8 nitrogen and oxygen atoms in total. The molecule has 1 saturated heterocycles. The summed E-state index contributed by atoms with van der Waals surface area (Å²) in [4.78, 5) is 30.7. The number of furan rings is 1. The minimum absolute atomic E-state index is 0.0149. The van der Waals surface area contributed by atoms with Crippen LogP contribution >= 0.6 is 0 Å². The van der Waals surface area contributed by atoms with E-state index in [1.165, 1.54) is 6.26 Å². The van der Waals surface area contributed by atoms with Gasteiger partial charge < -0.3 is 19.2 Å². The summed E-state index contributed by atoms with van der Waals surface area (Å²) in [6, 6.07) is 1.75. The molecule has 0 aliphatic carbocycles. The molecule has 2 aromatic rings. The first-order valence-electron chi connectivity index (χ1n) is 9.08. The third-order valence-electron chi connectivity index (χ3n) is 4.49. The van der Waals surface area contributed by atoms with E-state index in [4.69, 9.17) is 8.94 Å². The Bertz CT molecular complexity index is 725. The highest BCUT2D eigenvalue weighted by atomic mass is 16.5. The molecular formula is C18H24N4O4. The second-order valence-corrected chi connectivity index (χ2v) is 6.49. The predicted molar refractivity (Wildman–Crippen MR) is 92.9 cm³/mol. The highest BCUT2D eigenvalue weighted by Gasteiger charge is 2.28. The van der Waals surface area contributed by atoms with Gasteiger partial charge in [0.2, 0.25) is 23.5 Å². The van der Waals surface area contributed by atoms with Crippen molar-refractivity contribution >= 4 is 11.8 Å². The van der Waals surface area contributed by atoms with Crippen LogP contribution in [0, 0.1) is 5.92 Å². The van der Waals surface area contributed by atoms with Crippen molar-refractivity contribution in [2.45, 2.75) is 39.0 Å². The Kier molecular flexibility index (Phi) is 6.04. The summed E-state index contributed by atoms with van der Waals surface area (Å²) in [5.74, 6) is 0.818. The molecule has 2 aromatic heterocycles. The van der Waals surface area contributed by atoms with Crippen molar-refractivity contribution in [3.8, 4) is 11.4 Å². The van der Waals surface area contributed by atoms with Crippen LogP contribution in [0.2, 0.25) is 0 Å². The van der Waals surface area contributed by atoms with Gasteiger partial charge in [0.25, 0.3) is 0 Å². The first-order valence-corrected chi connectivity index (χ1v) is 9.08. The molecule has 140 valence electrons. The first kappa shape index (κ1) is 18.2. The van der Waals surface area contributed by atoms with Crippen molar-refractivity contribution in [2.75, 3.05) is 19.6 Å². The summed E-state index contributed by atoms with van der Waals surface area (Å²) in [5.41, 5.74) is 0.739. The molecule has 0 aromatic carbocycles. The van der Waals surface area contributed by atoms with E-state index in [0.29, 0.717) is 37.8 Å². The molecule has 26 heavy (non-hydrogen) atoms. The van der Waals surface area contributed by atoms with Crippen LogP contribution in [-0.4, -0.2) is 46.5 Å². The van der Waals surface area contributed by atoms with Crippen LogP contribution in [-0.2, 0) is 16.0 Å². The lowest BCUT2D eigenvalue weighted by atomic mass is 9.96. The van der Waals surface area contributed by atoms with Gasteiger partial charge in [0, 0.05) is 32.5 Å². The number of amides is 2. The van der Waals surface area contributed by atoms with Crippen LogP contribution < -0.4 is 5.32 Å². The number of likely N-dealkylation sites (tertiary alicyclic amines) is 1. The van der Waals surface area contributed by atoms with Crippen molar-refractivity contribution in [3.05, 3.63) is 24.5 Å². The van der Waals surface area contributed by atoms with E-state index in [0.717, 1.165) is 24.8 Å². The van der Waals surface area contributed by atoms with Gasteiger partial charge in [-0.25, -0.2) is 0 Å². The smallest absolute Gasteiger partial charge is 0.227 e. The molecule has 0 radical (unpaired) electrons. The third kappa shape index (κ3) is 4.50. The summed E-state index contributed by atoms with van der Waals surface area (Å²) in [6.07, 6.45) is 6.34. The zero-order valence-electron chi connectivity index (χ0n) is 14.9. The van der Waals surface area contributed by atoms with Gasteiger partial charge in [-0.2, -0.15) is 4.98 Å². The molecule has 0 bridgehead atoms. The molecule has 2 amide bonds. The van der Waals surface area contributed by atoms with Crippen molar-refractivity contribution in [1.82, 2.24) is 20.4 Å². The molecule has 3 rings (SSSR count). The number of carbonyl (C=O) groups excluding carboxylic acids is 2. The molecule has 1 fully saturated rings. The number of aromatic nitrogens is 2. The average Bonchev–Trinajstić information content (AvgIpc) is 3.35. The number of hydrogen-bond donors (Lipinski definition) is 1.